The first-order chi connectivity index (χ1) is 30.3. The molecule has 1 amide bonds. The number of rotatable bonds is 16. The number of nitrogens with one attached hydrogen (secondary N) is 2. The Morgan fingerprint density at radius 2 is 1.50 bits per heavy atom. The second-order valence-electron chi connectivity index (χ2n) is 17.9. The number of nitrogens with zero attached hydrogens (tertiary/aromatic N) is 3. The molecule has 1 fully saturated rings. The van der Waals surface area contributed by atoms with Crippen molar-refractivity contribution in [3.05, 3.63) is 154 Å². The fraction of sp³-hybridized carbons (Fsp3) is 0.362. The summed E-state index contributed by atoms with van der Waals surface area (Å²) in [6, 6.07) is 34.8. The van der Waals surface area contributed by atoms with E-state index in [0.29, 0.717) is 11.7 Å². The van der Waals surface area contributed by atoms with E-state index >= 15 is 0 Å². The van der Waals surface area contributed by atoms with Crippen molar-refractivity contribution in [1.29, 1.82) is 0 Å². The average Bonchev–Trinajstić information content (AvgIpc) is 3.82. The normalized spacial score (nSPS) is 18.4. The summed E-state index contributed by atoms with van der Waals surface area (Å²) in [4.78, 5) is 58.5. The van der Waals surface area contributed by atoms with Crippen molar-refractivity contribution < 1.29 is 42.3 Å². The number of hydrogen-bond donors (Lipinski definition) is 4. The number of carbonyl (C=O) groups is 1. The van der Waals surface area contributed by atoms with E-state index in [1.54, 1.807) is 12.1 Å². The van der Waals surface area contributed by atoms with Crippen LogP contribution in [0.1, 0.15) is 74.6 Å². The molecule has 338 valence electrons. The van der Waals surface area contributed by atoms with Crippen LogP contribution >= 0.6 is 7.82 Å². The van der Waals surface area contributed by atoms with Gasteiger partial charge in [-0.25, -0.2) is 9.55 Å². The number of amides is 1. The number of phosphoric ester groups is 1. The smallest absolute Gasteiger partial charge is 0.469 e. The monoisotopic (exact) mass is 909 g/mol. The van der Waals surface area contributed by atoms with Gasteiger partial charge in [0.05, 0.1) is 12.9 Å². The molecule has 0 spiro atoms. The minimum atomic E-state index is -5.04. The molecule has 2 aromatic heterocycles. The molecule has 7 rings (SSSR count). The lowest BCUT2D eigenvalue weighted by molar-refractivity contribution is -0.118. The predicted octanol–water partition coefficient (Wildman–Crippen LogP) is 8.34. The third-order valence-corrected chi connectivity index (χ3v) is 16.9. The number of fused-ring (bicyclic) bond motifs is 1. The first-order valence-electron chi connectivity index (χ1n) is 21.1. The number of imidazole rings is 1. The second kappa shape index (κ2) is 18.7. The Bertz CT molecular complexity index is 2610. The highest BCUT2D eigenvalue weighted by atomic mass is 31.2. The number of phosphoric acid groups is 1. The number of carbonyl (C=O) groups excluding carboxylic acids is 1. The molecule has 17 heteroatoms. The van der Waals surface area contributed by atoms with E-state index in [1.807, 2.05) is 104 Å². The number of aryl methyl sites for hydroxylation is 1. The highest BCUT2D eigenvalue weighted by Gasteiger charge is 2.55. The Balaban J connectivity index is 1.34. The molecule has 6 aromatic rings. The summed E-state index contributed by atoms with van der Waals surface area (Å²) in [5.74, 6) is 0.0969. The molecule has 2 unspecified atom stereocenters. The molecule has 1 aliphatic rings. The molecule has 4 N–H and O–H groups in total. The summed E-state index contributed by atoms with van der Waals surface area (Å²) in [6.07, 6.45) is -3.05. The van der Waals surface area contributed by atoms with E-state index in [0.717, 1.165) is 27.8 Å². The van der Waals surface area contributed by atoms with Crippen molar-refractivity contribution in [2.24, 2.45) is 0 Å². The molecule has 4 aromatic carbocycles. The zero-order valence-electron chi connectivity index (χ0n) is 37.2. The van der Waals surface area contributed by atoms with Gasteiger partial charge < -0.3 is 28.4 Å². The summed E-state index contributed by atoms with van der Waals surface area (Å²) >= 11 is 0. The Morgan fingerprint density at radius 3 is 2.06 bits per heavy atom. The highest BCUT2D eigenvalue weighted by molar-refractivity contribution is 7.46. The SMILES string of the molecule is Cc1ccc(C(O[C@H]2C(O[Si](C)(C)C(C)(C)C)C(n3cnc4c(=O)[nH]c(NC(=O)COc5ccc(C(C)C)cc5)nc43)O[C@@H]2COP(=O)(O)O)(c2ccccc2)c2ccccc2)cc1. The first-order valence-corrected chi connectivity index (χ1v) is 25.6. The zero-order valence-corrected chi connectivity index (χ0v) is 39.1. The lowest BCUT2D eigenvalue weighted by Crippen LogP contribution is -2.52. The number of aromatic nitrogens is 4. The molecule has 0 saturated carbocycles. The number of aromatic amines is 1. The van der Waals surface area contributed by atoms with E-state index < -0.39 is 64.4 Å². The van der Waals surface area contributed by atoms with Crippen LogP contribution in [0.4, 0.5) is 5.95 Å². The fourth-order valence-electron chi connectivity index (χ4n) is 7.50. The van der Waals surface area contributed by atoms with Gasteiger partial charge in [-0.3, -0.25) is 29.0 Å². The van der Waals surface area contributed by atoms with Gasteiger partial charge in [0, 0.05) is 0 Å². The van der Waals surface area contributed by atoms with Crippen LogP contribution in [0, 0.1) is 6.92 Å². The molecule has 64 heavy (non-hydrogen) atoms. The minimum absolute atomic E-state index is 0.0456. The third kappa shape index (κ3) is 10.1. The zero-order chi connectivity index (χ0) is 46.0. The summed E-state index contributed by atoms with van der Waals surface area (Å²) in [6.45, 7) is 15.6. The maximum absolute atomic E-state index is 13.6. The van der Waals surface area contributed by atoms with Crippen LogP contribution in [0.15, 0.2) is 120 Å². The van der Waals surface area contributed by atoms with Gasteiger partial charge in [0.2, 0.25) is 5.95 Å². The fourth-order valence-corrected chi connectivity index (χ4v) is 9.13. The maximum Gasteiger partial charge on any atom is 0.469 e. The topological polar surface area (TPSA) is 196 Å². The number of hydrogen-bond acceptors (Lipinski definition) is 10. The van der Waals surface area contributed by atoms with Crippen molar-refractivity contribution >= 4 is 39.2 Å². The van der Waals surface area contributed by atoms with Gasteiger partial charge in [0.25, 0.3) is 11.5 Å². The summed E-state index contributed by atoms with van der Waals surface area (Å²) in [5, 5.41) is 2.29. The van der Waals surface area contributed by atoms with Crippen molar-refractivity contribution in [1.82, 2.24) is 19.5 Å². The largest absolute Gasteiger partial charge is 0.484 e. The van der Waals surface area contributed by atoms with Crippen LogP contribution in [-0.4, -0.2) is 75.1 Å². The van der Waals surface area contributed by atoms with E-state index in [4.69, 9.17) is 23.2 Å². The van der Waals surface area contributed by atoms with Gasteiger partial charge in [-0.15, -0.1) is 0 Å². The van der Waals surface area contributed by atoms with Gasteiger partial charge in [0.15, 0.2) is 32.3 Å². The summed E-state index contributed by atoms with van der Waals surface area (Å²) in [7, 11) is -7.82. The number of benzene rings is 4. The Labute approximate surface area is 373 Å². The number of anilines is 1. The van der Waals surface area contributed by atoms with Crippen molar-refractivity contribution in [3.63, 3.8) is 0 Å². The van der Waals surface area contributed by atoms with Crippen LogP contribution in [0.25, 0.3) is 11.2 Å². The first kappa shape index (κ1) is 46.7. The van der Waals surface area contributed by atoms with Gasteiger partial charge >= 0.3 is 7.82 Å². The Kier molecular flexibility index (Phi) is 13.6. The Hall–Kier alpha value is -5.29. The molecule has 1 saturated heterocycles. The van der Waals surface area contributed by atoms with Gasteiger partial charge in [-0.1, -0.05) is 137 Å². The highest BCUT2D eigenvalue weighted by Crippen LogP contribution is 2.49. The van der Waals surface area contributed by atoms with Crippen molar-refractivity contribution in [2.75, 3.05) is 18.5 Å². The maximum atomic E-state index is 13.6. The molecule has 15 nitrogen and oxygen atoms in total. The number of H-pyrrole nitrogens is 1. The second-order valence-corrected chi connectivity index (χ2v) is 23.9. The molecule has 3 heterocycles. The predicted molar refractivity (Wildman–Crippen MR) is 246 cm³/mol. The molecular formula is C47H56N5O10PSi. The molecule has 1 aliphatic heterocycles. The van der Waals surface area contributed by atoms with E-state index in [9.17, 15) is 23.9 Å². The van der Waals surface area contributed by atoms with E-state index in [2.05, 4.69) is 68.0 Å². The summed E-state index contributed by atoms with van der Waals surface area (Å²) < 4.78 is 46.5. The minimum Gasteiger partial charge on any atom is -0.484 e. The van der Waals surface area contributed by atoms with Gasteiger partial charge in [-0.2, -0.15) is 4.98 Å². The van der Waals surface area contributed by atoms with Crippen LogP contribution in [0.3, 0.4) is 0 Å². The van der Waals surface area contributed by atoms with Gasteiger partial charge in [0.1, 0.15) is 29.7 Å². The van der Waals surface area contributed by atoms with Crippen molar-refractivity contribution in [2.45, 2.75) is 95.7 Å². The number of ether oxygens (including phenoxy) is 3. The standard InChI is InChI=1S/C47H56N5O10PSi/c1-30(2)32-21-25-36(26-22-32)58-28-38(53)49-45-50-42-39(43(54)51-45)48-29-52(42)44-41(62-64(7,8)46(4,5)6)40(37(60-44)27-59-63(55,56)57)61-47(33-15-11-9-12-16-33,34-17-13-10-14-18-34)35-23-19-31(3)20-24-35/h9-26,29-30,37,40-41,44H,27-28H2,1-8H3,(H2,55,56,57)(H2,49,50,51,53,54)/t37-,40-,41?,44?/m1/s1. The molecule has 4 atom stereocenters. The molecule has 0 radical (unpaired) electrons. The molecular weight excluding hydrogens is 854 g/mol. The van der Waals surface area contributed by atoms with Crippen LogP contribution < -0.4 is 15.6 Å². The van der Waals surface area contributed by atoms with Crippen molar-refractivity contribution in [3.8, 4) is 5.75 Å². The Morgan fingerprint density at radius 1 is 0.906 bits per heavy atom. The third-order valence-electron chi connectivity index (χ3n) is 11.9. The summed E-state index contributed by atoms with van der Waals surface area (Å²) in [5.41, 5.74) is 2.50. The van der Waals surface area contributed by atoms with Crippen LogP contribution in [0.5, 0.6) is 5.75 Å². The lowest BCUT2D eigenvalue weighted by Gasteiger charge is -2.44. The molecule has 0 aliphatic carbocycles. The van der Waals surface area contributed by atoms with E-state index in [-0.39, 0.29) is 28.8 Å². The van der Waals surface area contributed by atoms with Crippen LogP contribution in [-0.2, 0) is 33.4 Å². The molecule has 0 bridgehead atoms. The average molecular weight is 910 g/mol. The lowest BCUT2D eigenvalue weighted by atomic mass is 9.79. The van der Waals surface area contributed by atoms with Gasteiger partial charge in [-0.05, 0) is 65.4 Å². The van der Waals surface area contributed by atoms with E-state index in [1.165, 1.54) is 10.9 Å². The van der Waals surface area contributed by atoms with Crippen LogP contribution in [0.2, 0.25) is 18.1 Å². The quantitative estimate of drug-likeness (QED) is 0.0412.